The maximum absolute atomic E-state index is 5.88. The summed E-state index contributed by atoms with van der Waals surface area (Å²) in [5.41, 5.74) is 3.50. The summed E-state index contributed by atoms with van der Waals surface area (Å²) < 4.78 is 5.88. The van der Waals surface area contributed by atoms with Gasteiger partial charge in [0.1, 0.15) is 0 Å². The Hall–Kier alpha value is -1.72. The molecule has 0 radical (unpaired) electrons. The molecule has 0 bridgehead atoms. The number of aromatic nitrogens is 3. The highest BCUT2D eigenvalue weighted by Crippen LogP contribution is 2.24. The van der Waals surface area contributed by atoms with Crippen LogP contribution in [0.1, 0.15) is 43.8 Å². The van der Waals surface area contributed by atoms with E-state index in [0.717, 1.165) is 43.2 Å². The predicted octanol–water partition coefficient (Wildman–Crippen LogP) is 2.68. The molecule has 1 N–H and O–H groups in total. The third-order valence-electron chi connectivity index (χ3n) is 4.00. The van der Waals surface area contributed by atoms with Crippen LogP contribution in [0, 0.1) is 0 Å². The summed E-state index contributed by atoms with van der Waals surface area (Å²) in [5, 5.41) is 7.61. The largest absolute Gasteiger partial charge is 0.371 e. The zero-order valence-electron chi connectivity index (χ0n) is 13.5. The van der Waals surface area contributed by atoms with E-state index in [4.69, 9.17) is 4.74 Å². The van der Waals surface area contributed by atoms with Crippen LogP contribution in [-0.4, -0.2) is 39.8 Å². The topological polar surface area (TPSA) is 54.0 Å². The Morgan fingerprint density at radius 1 is 1.41 bits per heavy atom. The minimum Gasteiger partial charge on any atom is -0.371 e. The Labute approximate surface area is 131 Å². The number of hydrogen-bond acceptors (Lipinski definition) is 4. The van der Waals surface area contributed by atoms with Gasteiger partial charge in [0.25, 0.3) is 0 Å². The van der Waals surface area contributed by atoms with Crippen molar-refractivity contribution in [3.63, 3.8) is 0 Å². The quantitative estimate of drug-likeness (QED) is 0.947. The van der Waals surface area contributed by atoms with Gasteiger partial charge in [0.15, 0.2) is 0 Å². The average Bonchev–Trinajstić information content (AvgIpc) is 2.97. The summed E-state index contributed by atoms with van der Waals surface area (Å²) >= 11 is 0. The second-order valence-electron chi connectivity index (χ2n) is 6.91. The molecule has 3 rings (SSSR count). The van der Waals surface area contributed by atoms with E-state index in [9.17, 15) is 0 Å². The normalized spacial score (nSPS) is 20.2. The molecule has 5 nitrogen and oxygen atoms in total. The van der Waals surface area contributed by atoms with Crippen molar-refractivity contribution in [1.82, 2.24) is 20.1 Å². The van der Waals surface area contributed by atoms with Crippen LogP contribution < -0.4 is 0 Å². The zero-order valence-corrected chi connectivity index (χ0v) is 13.5. The summed E-state index contributed by atoms with van der Waals surface area (Å²) in [4.78, 5) is 6.59. The first-order chi connectivity index (χ1) is 10.5. The molecule has 1 saturated heterocycles. The van der Waals surface area contributed by atoms with Crippen LogP contribution in [0.3, 0.4) is 0 Å². The Kier molecular flexibility index (Phi) is 4.27. The molecule has 0 saturated carbocycles. The van der Waals surface area contributed by atoms with Gasteiger partial charge in [-0.1, -0.05) is 26.8 Å². The van der Waals surface area contributed by atoms with E-state index in [2.05, 4.69) is 53.0 Å². The molecule has 0 aromatic carbocycles. The Morgan fingerprint density at radius 3 is 2.95 bits per heavy atom. The molecule has 1 fully saturated rings. The van der Waals surface area contributed by atoms with E-state index in [-0.39, 0.29) is 11.5 Å². The number of nitrogens with one attached hydrogen (secondary N) is 1. The van der Waals surface area contributed by atoms with Gasteiger partial charge in [-0.15, -0.1) is 0 Å². The third kappa shape index (κ3) is 3.54. The number of nitrogens with zero attached hydrogens (tertiary/aromatic N) is 3. The van der Waals surface area contributed by atoms with Gasteiger partial charge < -0.3 is 4.74 Å². The lowest BCUT2D eigenvalue weighted by molar-refractivity contribution is -0.0334. The van der Waals surface area contributed by atoms with E-state index in [1.54, 1.807) is 6.20 Å². The van der Waals surface area contributed by atoms with Gasteiger partial charge in [0.2, 0.25) is 0 Å². The average molecular weight is 300 g/mol. The van der Waals surface area contributed by atoms with E-state index >= 15 is 0 Å². The number of morpholine rings is 1. The SMILES string of the molecule is CC(C)(C)c1cc(CN2CCO[C@@H](c3cccnc3)C2)[nH]n1. The van der Waals surface area contributed by atoms with Crippen LogP contribution in [0.5, 0.6) is 0 Å². The molecule has 5 heteroatoms. The Morgan fingerprint density at radius 2 is 2.27 bits per heavy atom. The molecule has 2 aromatic heterocycles. The number of aromatic amines is 1. The minimum absolute atomic E-state index is 0.0814. The van der Waals surface area contributed by atoms with Crippen molar-refractivity contribution in [3.8, 4) is 0 Å². The van der Waals surface area contributed by atoms with Crippen molar-refractivity contribution in [2.45, 2.75) is 38.8 Å². The molecule has 118 valence electrons. The molecule has 0 amide bonds. The van der Waals surface area contributed by atoms with Crippen LogP contribution in [-0.2, 0) is 16.7 Å². The Bertz CT molecular complexity index is 603. The van der Waals surface area contributed by atoms with Gasteiger partial charge in [-0.3, -0.25) is 15.0 Å². The maximum Gasteiger partial charge on any atom is 0.0967 e. The van der Waals surface area contributed by atoms with Gasteiger partial charge in [-0.25, -0.2) is 0 Å². The minimum atomic E-state index is 0.0814. The van der Waals surface area contributed by atoms with Crippen LogP contribution >= 0.6 is 0 Å². The standard InChI is InChI=1S/C17H24N4O/c1-17(2,3)16-9-14(19-20-16)11-21-7-8-22-15(12-21)13-5-4-6-18-10-13/h4-6,9-10,15H,7-8,11-12H2,1-3H3,(H,19,20)/t15-/m1/s1. The zero-order chi connectivity index (χ0) is 15.6. The molecule has 22 heavy (non-hydrogen) atoms. The molecule has 1 aliphatic rings. The van der Waals surface area contributed by atoms with Crippen LogP contribution in [0.4, 0.5) is 0 Å². The Balaban J connectivity index is 1.64. The van der Waals surface area contributed by atoms with Crippen molar-refractivity contribution in [1.29, 1.82) is 0 Å². The molecular formula is C17H24N4O. The summed E-state index contributed by atoms with van der Waals surface area (Å²) in [6.45, 7) is 10.00. The van der Waals surface area contributed by atoms with Crippen molar-refractivity contribution >= 4 is 0 Å². The molecule has 3 heterocycles. The van der Waals surface area contributed by atoms with Crippen molar-refractivity contribution in [2.24, 2.45) is 0 Å². The van der Waals surface area contributed by atoms with E-state index < -0.39 is 0 Å². The number of ether oxygens (including phenoxy) is 1. The van der Waals surface area contributed by atoms with Crippen molar-refractivity contribution in [2.75, 3.05) is 19.7 Å². The summed E-state index contributed by atoms with van der Waals surface area (Å²) in [7, 11) is 0. The molecule has 2 aromatic rings. The molecule has 0 unspecified atom stereocenters. The van der Waals surface area contributed by atoms with Crippen LogP contribution in [0.15, 0.2) is 30.6 Å². The lowest BCUT2D eigenvalue weighted by Gasteiger charge is -2.32. The fourth-order valence-electron chi connectivity index (χ4n) is 2.68. The fourth-order valence-corrected chi connectivity index (χ4v) is 2.68. The first-order valence-electron chi connectivity index (χ1n) is 7.81. The van der Waals surface area contributed by atoms with Gasteiger partial charge >= 0.3 is 0 Å². The van der Waals surface area contributed by atoms with Gasteiger partial charge in [0, 0.05) is 48.7 Å². The summed E-state index contributed by atoms with van der Waals surface area (Å²) in [6.07, 6.45) is 3.79. The number of H-pyrrole nitrogens is 1. The highest BCUT2D eigenvalue weighted by Gasteiger charge is 2.23. The van der Waals surface area contributed by atoms with Crippen molar-refractivity contribution in [3.05, 3.63) is 47.5 Å². The first kappa shape index (κ1) is 15.2. The number of rotatable bonds is 3. The van der Waals surface area contributed by atoms with Gasteiger partial charge in [0.05, 0.1) is 18.4 Å². The monoisotopic (exact) mass is 300 g/mol. The summed E-state index contributed by atoms with van der Waals surface area (Å²) in [6, 6.07) is 6.21. The van der Waals surface area contributed by atoms with E-state index in [1.807, 2.05) is 12.3 Å². The molecule has 1 aliphatic heterocycles. The van der Waals surface area contributed by atoms with Gasteiger partial charge in [-0.05, 0) is 12.1 Å². The first-order valence-corrected chi connectivity index (χ1v) is 7.81. The lowest BCUT2D eigenvalue weighted by atomic mass is 9.92. The summed E-state index contributed by atoms with van der Waals surface area (Å²) in [5.74, 6) is 0. The van der Waals surface area contributed by atoms with Gasteiger partial charge in [-0.2, -0.15) is 5.10 Å². The highest BCUT2D eigenvalue weighted by molar-refractivity contribution is 5.17. The second-order valence-corrected chi connectivity index (χ2v) is 6.91. The number of hydrogen-bond donors (Lipinski definition) is 1. The fraction of sp³-hybridized carbons (Fsp3) is 0.529. The predicted molar refractivity (Wildman–Crippen MR) is 85.5 cm³/mol. The molecule has 0 spiro atoms. The smallest absolute Gasteiger partial charge is 0.0967 e. The molecular weight excluding hydrogens is 276 g/mol. The molecule has 0 aliphatic carbocycles. The van der Waals surface area contributed by atoms with Crippen LogP contribution in [0.25, 0.3) is 0 Å². The van der Waals surface area contributed by atoms with Crippen LogP contribution in [0.2, 0.25) is 0 Å². The highest BCUT2D eigenvalue weighted by atomic mass is 16.5. The van der Waals surface area contributed by atoms with Crippen molar-refractivity contribution < 1.29 is 4.74 Å². The van der Waals surface area contributed by atoms with E-state index in [1.165, 1.54) is 0 Å². The maximum atomic E-state index is 5.88. The second kappa shape index (κ2) is 6.18. The lowest BCUT2D eigenvalue weighted by Crippen LogP contribution is -2.37. The molecule has 1 atom stereocenters. The van der Waals surface area contributed by atoms with E-state index in [0.29, 0.717) is 0 Å². The number of pyridine rings is 1. The third-order valence-corrected chi connectivity index (χ3v) is 4.00.